The first-order chi connectivity index (χ1) is 39.5. The number of hydrogen-bond donors (Lipinski definition) is 3. The molecule has 3 aromatic carbocycles. The molecule has 3 N–H and O–H groups in total. The average Bonchev–Trinajstić information content (AvgIpc) is 4.24. The number of rotatable bonds is 19. The molecule has 21 nitrogen and oxygen atoms in total. The maximum absolute atomic E-state index is 13.1. The lowest BCUT2D eigenvalue weighted by atomic mass is 9.86. The third-order valence-corrected chi connectivity index (χ3v) is 14.3. The number of nitrogens with one attached hydrogen (secondary N) is 3. The summed E-state index contributed by atoms with van der Waals surface area (Å²) in [5.74, 6) is -12.1. The Hall–Kier alpha value is -9.41. The molecule has 0 unspecified atom stereocenters. The number of likely N-dealkylation sites (N-methyl/N-ethyl adjacent to an activating group) is 1. The summed E-state index contributed by atoms with van der Waals surface area (Å²) in [6.45, 7) is 2.07. The van der Waals surface area contributed by atoms with Gasteiger partial charge in [-0.15, -0.1) is 0 Å². The maximum atomic E-state index is 13.1. The van der Waals surface area contributed by atoms with E-state index in [2.05, 4.69) is 40.5 Å². The fourth-order valence-electron chi connectivity index (χ4n) is 9.97. The summed E-state index contributed by atoms with van der Waals surface area (Å²) in [7, 11) is 0. The molecule has 6 amide bonds. The van der Waals surface area contributed by atoms with Crippen molar-refractivity contribution in [2.45, 2.75) is 65.3 Å². The van der Waals surface area contributed by atoms with E-state index in [1.54, 1.807) is 6.92 Å². The van der Waals surface area contributed by atoms with E-state index in [1.165, 1.54) is 70.7 Å². The van der Waals surface area contributed by atoms with Crippen LogP contribution in [0.2, 0.25) is 0 Å². The van der Waals surface area contributed by atoms with Gasteiger partial charge in [0.2, 0.25) is 35.1 Å². The molecule has 0 spiro atoms. The number of carbonyl (C=O) groups is 9. The zero-order valence-electron chi connectivity index (χ0n) is 44.9. The normalized spacial score (nSPS) is 20.0. The summed E-state index contributed by atoms with van der Waals surface area (Å²) in [4.78, 5) is 142. The van der Waals surface area contributed by atoms with Crippen LogP contribution in [0.15, 0.2) is 147 Å². The molecule has 0 radical (unpaired) electrons. The highest BCUT2D eigenvalue weighted by Crippen LogP contribution is 2.35. The molecule has 3 aromatic heterocycles. The standard InChI is InChI=1S/C20H20F2N4O3.C20H20N4O3.C19H20N4O3.CH4/c1-20(21,22)11-25-18(28)17(27)16-10-26(14-8-23-12-24-9-14)19(29)15(16)7-13-5-3-2-4-6-13;25-18(19(26)23-14-6-7-14)16-12-24(17-11-21-8-9-22-17)20(27)15(16)10-13-4-2-1-3-5-13;1-2-22-18(25)17(24)16-11-23(14-9-20-12-21-10-14)19(26)15(16)8-13-6-4-3-5-7-13;/h2-6,8-9,12,15-16H,7,10-11H2,1H3,(H,25,28);1-5,8-9,11,14-16H,6-7,10,12H2,(H,23,26);3-7,9-10,12,15-16H,2,8,11H2,1H3,(H,22,25);1H4/t3*15-,16+;/m111./s1. The van der Waals surface area contributed by atoms with Crippen molar-refractivity contribution < 1.29 is 51.9 Å². The molecule has 6 aromatic rings. The Morgan fingerprint density at radius 3 is 1.29 bits per heavy atom. The summed E-state index contributed by atoms with van der Waals surface area (Å²) in [6, 6.07) is 28.2. The van der Waals surface area contributed by atoms with Crippen LogP contribution < -0.4 is 30.7 Å². The fraction of sp³-hybridized carbons (Fsp3) is 0.350. The van der Waals surface area contributed by atoms with Gasteiger partial charge in [0.1, 0.15) is 12.7 Å². The second kappa shape index (κ2) is 28.3. The first-order valence-electron chi connectivity index (χ1n) is 26.7. The van der Waals surface area contributed by atoms with E-state index in [4.69, 9.17) is 0 Å². The molecule has 1 aliphatic carbocycles. The Morgan fingerprint density at radius 1 is 0.530 bits per heavy atom. The smallest absolute Gasteiger partial charge is 0.287 e. The summed E-state index contributed by atoms with van der Waals surface area (Å²) in [5.41, 5.74) is 3.67. The molecular weight excluding hydrogens is 1070 g/mol. The van der Waals surface area contributed by atoms with E-state index >= 15 is 0 Å². The fourth-order valence-corrected chi connectivity index (χ4v) is 9.97. The number of ketones is 3. The zero-order valence-corrected chi connectivity index (χ0v) is 44.9. The Kier molecular flexibility index (Phi) is 20.9. The van der Waals surface area contributed by atoms with Gasteiger partial charge >= 0.3 is 0 Å². The van der Waals surface area contributed by atoms with E-state index in [0.29, 0.717) is 43.5 Å². The average molecular weight is 1140 g/mol. The van der Waals surface area contributed by atoms with Gasteiger partial charge in [0.05, 0.1) is 84.4 Å². The molecule has 3 aliphatic heterocycles. The summed E-state index contributed by atoms with van der Waals surface area (Å²) < 4.78 is 26.1. The third kappa shape index (κ3) is 16.0. The van der Waals surface area contributed by atoms with Crippen molar-refractivity contribution in [3.8, 4) is 0 Å². The largest absolute Gasteiger partial charge is 0.350 e. The van der Waals surface area contributed by atoms with Crippen molar-refractivity contribution in [1.29, 1.82) is 0 Å². The van der Waals surface area contributed by atoms with Crippen molar-refractivity contribution in [3.63, 3.8) is 0 Å². The molecule has 432 valence electrons. The van der Waals surface area contributed by atoms with E-state index in [-0.39, 0.29) is 57.2 Å². The minimum Gasteiger partial charge on any atom is -0.350 e. The van der Waals surface area contributed by atoms with Crippen LogP contribution in [0.4, 0.5) is 26.0 Å². The number of halogens is 2. The van der Waals surface area contributed by atoms with Crippen LogP contribution in [0.25, 0.3) is 0 Å². The Balaban J connectivity index is 0.000000178. The van der Waals surface area contributed by atoms with E-state index in [1.807, 2.05) is 96.3 Å². The topological polar surface area (TPSA) is 277 Å². The number of amides is 6. The summed E-state index contributed by atoms with van der Waals surface area (Å²) >= 11 is 0. The minimum atomic E-state index is -3.14. The van der Waals surface area contributed by atoms with Crippen LogP contribution in [-0.4, -0.2) is 127 Å². The van der Waals surface area contributed by atoms with E-state index < -0.39 is 83.0 Å². The number of nitrogens with zero attached hydrogens (tertiary/aromatic N) is 9. The predicted octanol–water partition coefficient (Wildman–Crippen LogP) is 4.42. The molecule has 6 heterocycles. The van der Waals surface area contributed by atoms with Crippen molar-refractivity contribution in [2.24, 2.45) is 35.5 Å². The maximum Gasteiger partial charge on any atom is 0.287 e. The summed E-state index contributed by atoms with van der Waals surface area (Å²) in [6.07, 6.45) is 16.0. The van der Waals surface area contributed by atoms with Crippen LogP contribution in [0.5, 0.6) is 0 Å². The molecule has 1 saturated carbocycles. The van der Waals surface area contributed by atoms with Crippen molar-refractivity contribution >= 4 is 70.0 Å². The lowest BCUT2D eigenvalue weighted by Crippen LogP contribution is -2.42. The lowest BCUT2D eigenvalue weighted by Gasteiger charge is -2.16. The SMILES string of the molecule is C.CC(F)(F)CNC(=O)C(=O)[C@H]1CN(c2cncnc2)C(=O)[C@@H]1Cc1ccccc1.CCNC(=O)C(=O)[C@H]1CN(c2cncnc2)C(=O)[C@@H]1Cc1ccccc1.O=C(NC1CC1)C(=O)[C@H]1CN(c2cnccn2)C(=O)[C@@H]1Cc1ccccc1. The third-order valence-electron chi connectivity index (χ3n) is 14.3. The first-order valence-corrected chi connectivity index (χ1v) is 26.7. The first kappa shape index (κ1) is 61.2. The van der Waals surface area contributed by atoms with Gasteiger partial charge in [-0.25, -0.2) is 33.7 Å². The quantitative estimate of drug-likeness (QED) is 0.0947. The number of anilines is 3. The minimum absolute atomic E-state index is 0. The van der Waals surface area contributed by atoms with E-state index in [9.17, 15) is 51.9 Å². The van der Waals surface area contributed by atoms with Gasteiger partial charge in [-0.05, 0) is 55.7 Å². The number of aromatic nitrogens is 6. The predicted molar refractivity (Wildman–Crippen MR) is 300 cm³/mol. The number of benzene rings is 3. The highest BCUT2D eigenvalue weighted by atomic mass is 19.3. The lowest BCUT2D eigenvalue weighted by molar-refractivity contribution is -0.142. The molecule has 6 atom stereocenters. The van der Waals surface area contributed by atoms with Crippen molar-refractivity contribution in [2.75, 3.05) is 47.4 Å². The van der Waals surface area contributed by atoms with Crippen molar-refractivity contribution in [1.82, 2.24) is 45.9 Å². The molecule has 0 bridgehead atoms. The molecule has 4 fully saturated rings. The summed E-state index contributed by atoms with van der Waals surface area (Å²) in [5, 5.41) is 7.23. The van der Waals surface area contributed by atoms with Gasteiger partial charge in [-0.2, -0.15) is 0 Å². The molecule has 4 aliphatic rings. The molecule has 10 rings (SSSR count). The Labute approximate surface area is 478 Å². The van der Waals surface area contributed by atoms with Crippen LogP contribution in [0.3, 0.4) is 0 Å². The van der Waals surface area contributed by atoms with Gasteiger partial charge in [0.25, 0.3) is 23.6 Å². The van der Waals surface area contributed by atoms with Gasteiger partial charge < -0.3 is 25.8 Å². The highest BCUT2D eigenvalue weighted by molar-refractivity contribution is 6.39. The van der Waals surface area contributed by atoms with Gasteiger partial charge in [0, 0.05) is 51.5 Å². The van der Waals surface area contributed by atoms with Crippen LogP contribution in [0, 0.1) is 35.5 Å². The Morgan fingerprint density at radius 2 is 0.916 bits per heavy atom. The second-order valence-electron chi connectivity index (χ2n) is 20.3. The van der Waals surface area contributed by atoms with Crippen molar-refractivity contribution in [3.05, 3.63) is 164 Å². The number of alkyl halides is 2. The van der Waals surface area contributed by atoms with E-state index in [0.717, 1.165) is 29.5 Å². The number of Topliss-reactive ketones (excluding diaryl/α,β-unsaturated/α-hetero) is 3. The number of hydrogen-bond acceptors (Lipinski definition) is 15. The number of carbonyl (C=O) groups excluding carboxylic acids is 9. The second-order valence-corrected chi connectivity index (χ2v) is 20.3. The molecule has 23 heteroatoms. The molecule has 83 heavy (non-hydrogen) atoms. The molecular formula is C60H64F2N12O9. The monoisotopic (exact) mass is 1130 g/mol. The van der Waals surface area contributed by atoms with Gasteiger partial charge in [-0.3, -0.25) is 53.0 Å². The zero-order chi connectivity index (χ0) is 58.3. The highest BCUT2D eigenvalue weighted by Gasteiger charge is 2.49. The molecule has 3 saturated heterocycles. The van der Waals surface area contributed by atoms with Crippen LogP contribution >= 0.6 is 0 Å². The Bertz CT molecular complexity index is 3220. The van der Waals surface area contributed by atoms with Gasteiger partial charge in [0.15, 0.2) is 5.82 Å². The van der Waals surface area contributed by atoms with Crippen LogP contribution in [-0.2, 0) is 62.4 Å². The van der Waals surface area contributed by atoms with Crippen LogP contribution in [0.1, 0.15) is 50.8 Å². The van der Waals surface area contributed by atoms with Gasteiger partial charge in [-0.1, -0.05) is 98.4 Å².